The summed E-state index contributed by atoms with van der Waals surface area (Å²) in [7, 11) is 1.15. The molecule has 3 nitrogen and oxygen atoms in total. The summed E-state index contributed by atoms with van der Waals surface area (Å²) in [5, 5.41) is -0.249. The first-order chi connectivity index (χ1) is 7.51. The second-order valence-corrected chi connectivity index (χ2v) is 3.45. The SMILES string of the molecule is COC(=O)c1cc(Cl)c(C(F)F)c(CCl)n1. The second kappa shape index (κ2) is 5.41. The van der Waals surface area contributed by atoms with Gasteiger partial charge in [0.05, 0.1) is 29.3 Å². The zero-order chi connectivity index (χ0) is 12.3. The number of halogens is 4. The summed E-state index contributed by atoms with van der Waals surface area (Å²) in [5.74, 6) is -1.02. The first-order valence-corrected chi connectivity index (χ1v) is 5.04. The molecule has 0 fully saturated rings. The molecule has 0 saturated carbocycles. The van der Waals surface area contributed by atoms with Gasteiger partial charge in [0.2, 0.25) is 0 Å². The van der Waals surface area contributed by atoms with Crippen molar-refractivity contribution in [1.29, 1.82) is 0 Å². The molecule has 1 rings (SSSR count). The molecular formula is C9H7Cl2F2NO2. The van der Waals surface area contributed by atoms with E-state index in [2.05, 4.69) is 9.72 Å². The smallest absolute Gasteiger partial charge is 0.356 e. The van der Waals surface area contributed by atoms with Crippen LogP contribution in [0, 0.1) is 0 Å². The highest BCUT2D eigenvalue weighted by Crippen LogP contribution is 2.30. The van der Waals surface area contributed by atoms with Gasteiger partial charge in [-0.25, -0.2) is 18.6 Å². The summed E-state index contributed by atoms with van der Waals surface area (Å²) in [6, 6.07) is 1.03. The van der Waals surface area contributed by atoms with E-state index in [9.17, 15) is 13.6 Å². The van der Waals surface area contributed by atoms with E-state index in [0.717, 1.165) is 13.2 Å². The van der Waals surface area contributed by atoms with Crippen molar-refractivity contribution in [1.82, 2.24) is 4.98 Å². The van der Waals surface area contributed by atoms with Crippen molar-refractivity contribution >= 4 is 29.2 Å². The maximum absolute atomic E-state index is 12.6. The average Bonchev–Trinajstić information content (AvgIpc) is 2.26. The molecule has 0 radical (unpaired) electrons. The molecular weight excluding hydrogens is 263 g/mol. The van der Waals surface area contributed by atoms with Crippen molar-refractivity contribution < 1.29 is 18.3 Å². The van der Waals surface area contributed by atoms with Crippen LogP contribution in [-0.4, -0.2) is 18.1 Å². The Morgan fingerprint density at radius 1 is 1.62 bits per heavy atom. The maximum atomic E-state index is 12.6. The van der Waals surface area contributed by atoms with Gasteiger partial charge in [-0.1, -0.05) is 11.6 Å². The van der Waals surface area contributed by atoms with E-state index in [-0.39, 0.29) is 22.3 Å². The summed E-state index contributed by atoms with van der Waals surface area (Å²) >= 11 is 11.1. The molecule has 1 heterocycles. The predicted molar refractivity (Wildman–Crippen MR) is 55.1 cm³/mol. The van der Waals surface area contributed by atoms with Crippen molar-refractivity contribution in [2.24, 2.45) is 0 Å². The largest absolute Gasteiger partial charge is 0.464 e. The van der Waals surface area contributed by atoms with Gasteiger partial charge in [0.25, 0.3) is 6.43 Å². The van der Waals surface area contributed by atoms with Crippen LogP contribution in [0.1, 0.15) is 28.2 Å². The number of carbonyl (C=O) groups excluding carboxylic acids is 1. The molecule has 0 bridgehead atoms. The van der Waals surface area contributed by atoms with E-state index in [4.69, 9.17) is 23.2 Å². The Balaban J connectivity index is 3.32. The minimum atomic E-state index is -2.79. The fourth-order valence-electron chi connectivity index (χ4n) is 1.11. The van der Waals surface area contributed by atoms with Crippen molar-refractivity contribution in [2.75, 3.05) is 7.11 Å². The fourth-order valence-corrected chi connectivity index (χ4v) is 1.61. The molecule has 1 aromatic heterocycles. The lowest BCUT2D eigenvalue weighted by molar-refractivity contribution is 0.0593. The third-order valence-electron chi connectivity index (χ3n) is 1.83. The Labute approximate surface area is 100 Å². The number of alkyl halides is 3. The van der Waals surface area contributed by atoms with Crippen molar-refractivity contribution in [3.8, 4) is 0 Å². The van der Waals surface area contributed by atoms with E-state index in [0.29, 0.717) is 0 Å². The molecule has 0 aromatic carbocycles. The van der Waals surface area contributed by atoms with Crippen LogP contribution in [0.3, 0.4) is 0 Å². The Bertz CT molecular complexity index is 413. The van der Waals surface area contributed by atoms with Gasteiger partial charge in [0.15, 0.2) is 0 Å². The molecule has 0 amide bonds. The van der Waals surface area contributed by atoms with Crippen LogP contribution >= 0.6 is 23.2 Å². The Hall–Kier alpha value is -0.940. The highest BCUT2D eigenvalue weighted by Gasteiger charge is 2.21. The Kier molecular flexibility index (Phi) is 4.44. The quantitative estimate of drug-likeness (QED) is 0.625. The average molecular weight is 270 g/mol. The number of ether oxygens (including phenoxy) is 1. The van der Waals surface area contributed by atoms with Crippen LogP contribution in [0.15, 0.2) is 6.07 Å². The van der Waals surface area contributed by atoms with Crippen LogP contribution < -0.4 is 0 Å². The van der Waals surface area contributed by atoms with Crippen molar-refractivity contribution in [3.05, 3.63) is 28.0 Å². The monoisotopic (exact) mass is 269 g/mol. The second-order valence-electron chi connectivity index (χ2n) is 2.78. The number of hydrogen-bond donors (Lipinski definition) is 0. The van der Waals surface area contributed by atoms with Gasteiger partial charge in [0.1, 0.15) is 5.69 Å². The normalized spacial score (nSPS) is 10.6. The summed E-state index contributed by atoms with van der Waals surface area (Å²) in [6.07, 6.45) is -2.79. The number of pyridine rings is 1. The summed E-state index contributed by atoms with van der Waals surface area (Å²) in [6.45, 7) is 0. The number of hydrogen-bond acceptors (Lipinski definition) is 3. The van der Waals surface area contributed by atoms with Gasteiger partial charge < -0.3 is 4.74 Å². The highest BCUT2D eigenvalue weighted by molar-refractivity contribution is 6.32. The summed E-state index contributed by atoms with van der Waals surface area (Å²) in [4.78, 5) is 14.8. The lowest BCUT2D eigenvalue weighted by Gasteiger charge is -2.09. The van der Waals surface area contributed by atoms with E-state index >= 15 is 0 Å². The van der Waals surface area contributed by atoms with Crippen molar-refractivity contribution in [3.63, 3.8) is 0 Å². The Morgan fingerprint density at radius 2 is 2.25 bits per heavy atom. The van der Waals surface area contributed by atoms with Crippen LogP contribution in [0.5, 0.6) is 0 Å². The number of carbonyl (C=O) groups is 1. The molecule has 0 unspecified atom stereocenters. The highest BCUT2D eigenvalue weighted by atomic mass is 35.5. The van der Waals surface area contributed by atoms with Gasteiger partial charge in [-0.2, -0.15) is 0 Å². The van der Waals surface area contributed by atoms with Gasteiger partial charge in [-0.05, 0) is 6.07 Å². The minimum Gasteiger partial charge on any atom is -0.464 e. The minimum absolute atomic E-state index is 0.121. The number of rotatable bonds is 3. The van der Waals surface area contributed by atoms with Gasteiger partial charge in [-0.3, -0.25) is 0 Å². The molecule has 1 aromatic rings. The lowest BCUT2D eigenvalue weighted by Crippen LogP contribution is -2.08. The summed E-state index contributed by atoms with van der Waals surface area (Å²) in [5.41, 5.74) is -0.721. The van der Waals surface area contributed by atoms with Gasteiger partial charge >= 0.3 is 5.97 Å². The van der Waals surface area contributed by atoms with E-state index in [1.54, 1.807) is 0 Å². The van der Waals surface area contributed by atoms with Crippen molar-refractivity contribution in [2.45, 2.75) is 12.3 Å². The van der Waals surface area contributed by atoms with E-state index < -0.39 is 18.0 Å². The predicted octanol–water partition coefficient (Wildman–Crippen LogP) is 3.20. The zero-order valence-electron chi connectivity index (χ0n) is 8.14. The molecule has 0 atom stereocenters. The topological polar surface area (TPSA) is 39.2 Å². The van der Waals surface area contributed by atoms with Gasteiger partial charge in [0, 0.05) is 0 Å². The first-order valence-electron chi connectivity index (χ1n) is 4.13. The van der Waals surface area contributed by atoms with Crippen LogP contribution in [0.25, 0.3) is 0 Å². The lowest BCUT2D eigenvalue weighted by atomic mass is 10.2. The molecule has 0 aliphatic rings. The van der Waals surface area contributed by atoms with Crippen LogP contribution in [0.2, 0.25) is 5.02 Å². The van der Waals surface area contributed by atoms with E-state index in [1.165, 1.54) is 0 Å². The third-order valence-corrected chi connectivity index (χ3v) is 2.39. The molecule has 7 heteroatoms. The van der Waals surface area contributed by atoms with Crippen LogP contribution in [0.4, 0.5) is 8.78 Å². The first kappa shape index (κ1) is 13.1. The van der Waals surface area contributed by atoms with Gasteiger partial charge in [-0.15, -0.1) is 11.6 Å². The molecule has 0 saturated heterocycles. The molecule has 0 aliphatic carbocycles. The number of nitrogens with zero attached hydrogens (tertiary/aromatic N) is 1. The fraction of sp³-hybridized carbons (Fsp3) is 0.333. The third kappa shape index (κ3) is 2.59. The molecule has 0 spiro atoms. The Morgan fingerprint density at radius 3 is 2.69 bits per heavy atom. The maximum Gasteiger partial charge on any atom is 0.356 e. The molecule has 88 valence electrons. The zero-order valence-corrected chi connectivity index (χ0v) is 9.65. The number of aromatic nitrogens is 1. The molecule has 0 aliphatic heterocycles. The number of methoxy groups -OCH3 is 1. The summed E-state index contributed by atoms with van der Waals surface area (Å²) < 4.78 is 29.6. The van der Waals surface area contributed by atoms with E-state index in [1.807, 2.05) is 0 Å². The standard InChI is InChI=1S/C9H7Cl2F2NO2/c1-16-9(15)5-2-4(11)7(8(12)13)6(3-10)14-5/h2,8H,3H2,1H3. The molecule has 0 N–H and O–H groups in total. The number of esters is 1. The van der Waals surface area contributed by atoms with Crippen LogP contribution in [-0.2, 0) is 10.6 Å². The molecule has 16 heavy (non-hydrogen) atoms.